The minimum atomic E-state index is -4.09. The van der Waals surface area contributed by atoms with E-state index < -0.39 is 16.1 Å². The molecule has 3 aromatic carbocycles. The lowest BCUT2D eigenvalue weighted by Crippen LogP contribution is -2.51. The summed E-state index contributed by atoms with van der Waals surface area (Å²) in [7, 11) is -2.47. The van der Waals surface area contributed by atoms with Gasteiger partial charge in [0.25, 0.3) is 0 Å². The number of hydrogen-bond acceptors (Lipinski definition) is 6. The van der Waals surface area contributed by atoms with E-state index in [0.29, 0.717) is 36.6 Å². The Hall–Kier alpha value is -4.22. The molecule has 0 saturated carbocycles. The largest absolute Gasteiger partial charge is 0.409 e. The monoisotopic (exact) mass is 633 g/mol. The first-order valence-electron chi connectivity index (χ1n) is 15.4. The Kier molecular flexibility index (Phi) is 11.7. The van der Waals surface area contributed by atoms with Crippen molar-refractivity contribution in [1.29, 1.82) is 0 Å². The summed E-state index contributed by atoms with van der Waals surface area (Å²) >= 11 is 0. The number of nitrogens with one attached hydrogen (secondary N) is 2. The van der Waals surface area contributed by atoms with Gasteiger partial charge < -0.3 is 21.2 Å². The highest BCUT2D eigenvalue weighted by Crippen LogP contribution is 2.26. The first-order chi connectivity index (χ1) is 21.6. The first-order valence-corrected chi connectivity index (χ1v) is 16.9. The van der Waals surface area contributed by atoms with E-state index in [1.165, 1.54) is 11.6 Å². The second-order valence-corrected chi connectivity index (χ2v) is 13.2. The number of amidine groups is 1. The van der Waals surface area contributed by atoms with Crippen molar-refractivity contribution >= 4 is 27.7 Å². The highest BCUT2D eigenvalue weighted by Gasteiger charge is 2.32. The molecule has 0 aliphatic carbocycles. The number of sulfonamides is 1. The third kappa shape index (κ3) is 9.15. The molecule has 1 aliphatic heterocycles. The maximum Gasteiger partial charge on any atom is 0.241 e. The van der Waals surface area contributed by atoms with Gasteiger partial charge in [-0.3, -0.25) is 9.59 Å². The Labute approximate surface area is 265 Å². The van der Waals surface area contributed by atoms with Gasteiger partial charge in [-0.05, 0) is 84.9 Å². The molecule has 1 aliphatic rings. The molecule has 5 N–H and O–H groups in total. The van der Waals surface area contributed by atoms with Crippen molar-refractivity contribution in [2.75, 3.05) is 20.1 Å². The summed E-state index contributed by atoms with van der Waals surface area (Å²) in [4.78, 5) is 27.3. The predicted octanol–water partition coefficient (Wildman–Crippen LogP) is 4.06. The van der Waals surface area contributed by atoms with Crippen molar-refractivity contribution in [3.63, 3.8) is 0 Å². The van der Waals surface area contributed by atoms with Crippen LogP contribution in [0.5, 0.6) is 0 Å². The van der Waals surface area contributed by atoms with Crippen LogP contribution in [0.15, 0.2) is 82.8 Å². The summed E-state index contributed by atoms with van der Waals surface area (Å²) in [5.74, 6) is 0.0413. The number of aryl methyl sites for hydroxylation is 1. The fourth-order valence-electron chi connectivity index (χ4n) is 5.70. The van der Waals surface area contributed by atoms with Crippen molar-refractivity contribution in [3.05, 3.63) is 89.5 Å². The maximum absolute atomic E-state index is 13.9. The minimum absolute atomic E-state index is 0.0220. The second-order valence-electron chi connectivity index (χ2n) is 11.5. The quantitative estimate of drug-likeness (QED) is 0.0964. The molecule has 0 spiro atoms. The molecule has 240 valence electrons. The van der Waals surface area contributed by atoms with Gasteiger partial charge in [-0.25, -0.2) is 8.42 Å². The fourth-order valence-corrected chi connectivity index (χ4v) is 6.93. The van der Waals surface area contributed by atoms with Crippen LogP contribution in [-0.2, 0) is 32.5 Å². The molecule has 10 nitrogen and oxygen atoms in total. The van der Waals surface area contributed by atoms with Crippen molar-refractivity contribution in [3.8, 4) is 11.1 Å². The average molecular weight is 634 g/mol. The van der Waals surface area contributed by atoms with Crippen molar-refractivity contribution in [1.82, 2.24) is 14.9 Å². The number of amides is 2. The van der Waals surface area contributed by atoms with Crippen molar-refractivity contribution in [2.45, 2.75) is 62.8 Å². The van der Waals surface area contributed by atoms with Gasteiger partial charge in [0.1, 0.15) is 6.04 Å². The van der Waals surface area contributed by atoms with E-state index in [9.17, 15) is 18.0 Å². The van der Waals surface area contributed by atoms with E-state index >= 15 is 0 Å². The smallest absolute Gasteiger partial charge is 0.241 e. The SMILES string of the molecule is CCc1ccc(-c2cccc(S(=O)(=O)N[C@@H](Cc3cccc(/C(N)=N\O)c3)C(=O)N3CCC(CCCC(=O)NC)CC3)c2)cc1. The van der Waals surface area contributed by atoms with Crippen LogP contribution in [0.3, 0.4) is 0 Å². The van der Waals surface area contributed by atoms with E-state index in [1.54, 1.807) is 48.3 Å². The average Bonchev–Trinajstić information content (AvgIpc) is 3.07. The Morgan fingerprint density at radius 3 is 2.38 bits per heavy atom. The first kappa shape index (κ1) is 33.7. The van der Waals surface area contributed by atoms with Gasteiger partial charge in [0.15, 0.2) is 5.84 Å². The minimum Gasteiger partial charge on any atom is -0.409 e. The van der Waals surface area contributed by atoms with Gasteiger partial charge in [-0.2, -0.15) is 4.72 Å². The highest BCUT2D eigenvalue weighted by atomic mass is 32.2. The summed E-state index contributed by atoms with van der Waals surface area (Å²) in [5.41, 5.74) is 9.76. The van der Waals surface area contributed by atoms with E-state index in [0.717, 1.165) is 43.2 Å². The molecule has 0 bridgehead atoms. The predicted molar refractivity (Wildman–Crippen MR) is 175 cm³/mol. The van der Waals surface area contributed by atoms with Gasteiger partial charge in [0, 0.05) is 32.1 Å². The lowest BCUT2D eigenvalue weighted by molar-refractivity contribution is -0.134. The third-order valence-corrected chi connectivity index (χ3v) is 9.90. The van der Waals surface area contributed by atoms with Gasteiger partial charge >= 0.3 is 0 Å². The molecule has 1 heterocycles. The molecule has 0 aromatic heterocycles. The lowest BCUT2D eigenvalue weighted by Gasteiger charge is -2.34. The zero-order valence-electron chi connectivity index (χ0n) is 25.9. The third-order valence-electron chi connectivity index (χ3n) is 8.43. The van der Waals surface area contributed by atoms with E-state index in [4.69, 9.17) is 10.9 Å². The molecule has 0 radical (unpaired) electrons. The number of nitrogens with zero attached hydrogens (tertiary/aromatic N) is 2. The standard InChI is InChI=1S/C34H43N5O5S/c1-3-24-13-15-27(16-14-24)28-9-6-11-30(23-28)45(43,44)38-31(22-26-8-4-10-29(21-26)33(35)37-42)34(41)39-19-17-25(18-20-39)7-5-12-32(40)36-2/h4,6,8-11,13-16,21,23,25,31,38,42H,3,5,7,12,17-20,22H2,1-2H3,(H2,35,37)(H,36,40)/t31-/m0/s1. The van der Waals surface area contributed by atoms with Gasteiger partial charge in [0.2, 0.25) is 21.8 Å². The molecule has 0 unspecified atom stereocenters. The Morgan fingerprint density at radius 1 is 1.00 bits per heavy atom. The Bertz CT molecular complexity index is 1600. The molecule has 1 fully saturated rings. The molecule has 45 heavy (non-hydrogen) atoms. The van der Waals surface area contributed by atoms with E-state index in [2.05, 4.69) is 22.1 Å². The van der Waals surface area contributed by atoms with Crippen LogP contribution >= 0.6 is 0 Å². The maximum atomic E-state index is 13.9. The van der Waals surface area contributed by atoms with Crippen LogP contribution in [-0.4, -0.2) is 62.4 Å². The normalized spacial score (nSPS) is 15.1. The molecule has 1 atom stereocenters. The number of oxime groups is 1. The van der Waals surface area contributed by atoms with Crippen LogP contribution < -0.4 is 15.8 Å². The van der Waals surface area contributed by atoms with Crippen molar-refractivity contribution < 1.29 is 23.2 Å². The van der Waals surface area contributed by atoms with Crippen LogP contribution in [0.1, 0.15) is 55.7 Å². The molecular formula is C34H43N5O5S. The summed E-state index contributed by atoms with van der Waals surface area (Å²) < 4.78 is 30.3. The summed E-state index contributed by atoms with van der Waals surface area (Å²) in [6.45, 7) is 3.10. The second kappa shape index (κ2) is 15.7. The number of benzene rings is 3. The molecular weight excluding hydrogens is 590 g/mol. The summed E-state index contributed by atoms with van der Waals surface area (Å²) in [6.07, 6.45) is 4.74. The van der Waals surface area contributed by atoms with Gasteiger partial charge in [-0.1, -0.05) is 66.7 Å². The van der Waals surface area contributed by atoms with E-state index in [1.807, 2.05) is 30.3 Å². The Balaban J connectivity index is 1.54. The Morgan fingerprint density at radius 2 is 1.71 bits per heavy atom. The molecule has 1 saturated heterocycles. The van der Waals surface area contributed by atoms with Crippen LogP contribution in [0, 0.1) is 5.92 Å². The molecule has 3 aromatic rings. The van der Waals surface area contributed by atoms with Crippen LogP contribution in [0.2, 0.25) is 0 Å². The fraction of sp³-hybridized carbons (Fsp3) is 0.382. The number of carbonyl (C=O) groups is 2. The number of likely N-dealkylation sites (tertiary alicyclic amines) is 1. The van der Waals surface area contributed by atoms with E-state index in [-0.39, 0.29) is 29.0 Å². The van der Waals surface area contributed by atoms with Crippen LogP contribution in [0.4, 0.5) is 0 Å². The number of piperidine rings is 1. The topological polar surface area (TPSA) is 154 Å². The number of nitrogens with two attached hydrogens (primary N) is 1. The molecule has 11 heteroatoms. The zero-order valence-corrected chi connectivity index (χ0v) is 26.7. The summed E-state index contributed by atoms with van der Waals surface area (Å²) in [6, 6.07) is 20.5. The number of rotatable bonds is 13. The number of carbonyl (C=O) groups excluding carboxylic acids is 2. The molecule has 2 amide bonds. The highest BCUT2D eigenvalue weighted by molar-refractivity contribution is 7.89. The van der Waals surface area contributed by atoms with Gasteiger partial charge in [-0.15, -0.1) is 0 Å². The number of hydrogen-bond donors (Lipinski definition) is 4. The van der Waals surface area contributed by atoms with Crippen molar-refractivity contribution in [2.24, 2.45) is 16.8 Å². The van der Waals surface area contributed by atoms with Crippen LogP contribution in [0.25, 0.3) is 11.1 Å². The lowest BCUT2D eigenvalue weighted by atomic mass is 9.91. The summed E-state index contributed by atoms with van der Waals surface area (Å²) in [5, 5.41) is 14.8. The zero-order chi connectivity index (χ0) is 32.4. The van der Waals surface area contributed by atoms with Gasteiger partial charge in [0.05, 0.1) is 4.90 Å². The molecule has 4 rings (SSSR count).